The van der Waals surface area contributed by atoms with Crippen molar-refractivity contribution in [3.05, 3.63) is 36.4 Å². The third kappa shape index (κ3) is 5.21. The van der Waals surface area contributed by atoms with Crippen LogP contribution in [0.2, 0.25) is 0 Å². The molecule has 154 valence electrons. The lowest BCUT2D eigenvalue weighted by molar-refractivity contribution is -0.870. The molecule has 2 aromatic carbocycles. The van der Waals surface area contributed by atoms with Gasteiger partial charge in [-0.05, 0) is 12.1 Å². The van der Waals surface area contributed by atoms with Gasteiger partial charge in [0.25, 0.3) is 0 Å². The summed E-state index contributed by atoms with van der Waals surface area (Å²) in [6.07, 6.45) is 0. The van der Waals surface area contributed by atoms with Gasteiger partial charge in [0, 0.05) is 37.6 Å². The molecular formula is C20H30N3O4S+. The van der Waals surface area contributed by atoms with Crippen LogP contribution in [0.15, 0.2) is 41.3 Å². The summed E-state index contributed by atoms with van der Waals surface area (Å²) in [5, 5.41) is 1.46. The molecule has 0 aliphatic heterocycles. The van der Waals surface area contributed by atoms with Crippen LogP contribution in [-0.4, -0.2) is 85.2 Å². The van der Waals surface area contributed by atoms with E-state index in [0.29, 0.717) is 16.4 Å². The van der Waals surface area contributed by atoms with Gasteiger partial charge in [-0.1, -0.05) is 24.3 Å². The molecule has 0 aliphatic rings. The van der Waals surface area contributed by atoms with E-state index in [0.717, 1.165) is 15.4 Å². The van der Waals surface area contributed by atoms with E-state index in [-0.39, 0.29) is 18.0 Å². The zero-order chi connectivity index (χ0) is 21.1. The second kappa shape index (κ2) is 8.46. The third-order valence-electron chi connectivity index (χ3n) is 4.41. The van der Waals surface area contributed by atoms with Crippen LogP contribution in [0.3, 0.4) is 0 Å². The first kappa shape index (κ1) is 22.1. The number of likely N-dealkylation sites (N-methyl/N-ethyl adjacent to an activating group) is 2. The molecule has 0 spiro atoms. The van der Waals surface area contributed by atoms with Crippen LogP contribution < -0.4 is 4.90 Å². The van der Waals surface area contributed by atoms with Gasteiger partial charge in [0.05, 0.1) is 26.0 Å². The normalized spacial score (nSPS) is 12.4. The van der Waals surface area contributed by atoms with Crippen molar-refractivity contribution in [3.63, 3.8) is 0 Å². The van der Waals surface area contributed by atoms with E-state index in [1.54, 1.807) is 18.2 Å². The Balaban J connectivity index is 2.24. The highest BCUT2D eigenvalue weighted by Gasteiger charge is 2.26. The van der Waals surface area contributed by atoms with E-state index in [2.05, 4.69) is 0 Å². The van der Waals surface area contributed by atoms with Crippen molar-refractivity contribution in [1.29, 1.82) is 0 Å². The van der Waals surface area contributed by atoms with Gasteiger partial charge in [-0.25, -0.2) is 8.42 Å². The lowest BCUT2D eigenvalue weighted by atomic mass is 10.1. The van der Waals surface area contributed by atoms with E-state index >= 15 is 0 Å². The predicted octanol–water partition coefficient (Wildman–Crippen LogP) is 1.78. The smallest absolute Gasteiger partial charge is 0.321 e. The predicted molar refractivity (Wildman–Crippen MR) is 112 cm³/mol. The SMILES string of the molecule is CN(C)c1cccc2c(S(=O)(=O)N(C)CC(=O)OCC[N+](C)(C)C)cccc12. The molecule has 0 radical (unpaired) electrons. The molecule has 7 nitrogen and oxygen atoms in total. The largest absolute Gasteiger partial charge is 0.459 e. The van der Waals surface area contributed by atoms with E-state index in [4.69, 9.17) is 4.74 Å². The summed E-state index contributed by atoms with van der Waals surface area (Å²) in [5.41, 5.74) is 0.928. The highest BCUT2D eigenvalue weighted by Crippen LogP contribution is 2.31. The zero-order valence-electron chi connectivity index (χ0n) is 17.5. The van der Waals surface area contributed by atoms with E-state index in [9.17, 15) is 13.2 Å². The van der Waals surface area contributed by atoms with Crippen LogP contribution in [0.4, 0.5) is 5.69 Å². The average Bonchev–Trinajstić information content (AvgIpc) is 2.59. The molecule has 28 heavy (non-hydrogen) atoms. The van der Waals surface area contributed by atoms with E-state index in [1.807, 2.05) is 58.3 Å². The van der Waals surface area contributed by atoms with Gasteiger partial charge in [-0.3, -0.25) is 4.79 Å². The monoisotopic (exact) mass is 408 g/mol. The van der Waals surface area contributed by atoms with Crippen molar-refractivity contribution < 1.29 is 22.4 Å². The number of benzene rings is 2. The molecule has 0 atom stereocenters. The molecule has 0 bridgehead atoms. The molecule has 2 aromatic rings. The van der Waals surface area contributed by atoms with Crippen LogP contribution in [0.25, 0.3) is 10.8 Å². The van der Waals surface area contributed by atoms with Crippen molar-refractivity contribution in [2.45, 2.75) is 4.90 Å². The topological polar surface area (TPSA) is 66.9 Å². The van der Waals surface area contributed by atoms with Crippen LogP contribution in [0.1, 0.15) is 0 Å². The Morgan fingerprint density at radius 1 is 1.00 bits per heavy atom. The van der Waals surface area contributed by atoms with E-state index in [1.165, 1.54) is 7.05 Å². The van der Waals surface area contributed by atoms with Crippen LogP contribution in [0.5, 0.6) is 0 Å². The maximum Gasteiger partial charge on any atom is 0.321 e. The van der Waals surface area contributed by atoms with Gasteiger partial charge in [-0.15, -0.1) is 0 Å². The Kier molecular flexibility index (Phi) is 6.69. The Hall–Kier alpha value is -2.16. The molecule has 0 fully saturated rings. The van der Waals surface area contributed by atoms with Gasteiger partial charge >= 0.3 is 5.97 Å². The summed E-state index contributed by atoms with van der Waals surface area (Å²) in [6, 6.07) is 10.7. The first-order chi connectivity index (χ1) is 12.9. The number of carbonyl (C=O) groups excluding carboxylic acids is 1. The van der Waals surface area contributed by atoms with Gasteiger partial charge < -0.3 is 14.1 Å². The molecule has 0 aromatic heterocycles. The second-order valence-corrected chi connectivity index (χ2v) is 10.0. The molecule has 0 heterocycles. The minimum Gasteiger partial charge on any atom is -0.459 e. The second-order valence-electron chi connectivity index (χ2n) is 8.02. The summed E-state index contributed by atoms with van der Waals surface area (Å²) in [6.45, 7) is 0.568. The number of ether oxygens (including phenoxy) is 1. The zero-order valence-corrected chi connectivity index (χ0v) is 18.3. The first-order valence-corrected chi connectivity index (χ1v) is 10.5. The number of hydrogen-bond acceptors (Lipinski definition) is 5. The summed E-state index contributed by atoms with van der Waals surface area (Å²) in [7, 11) is 7.35. The van der Waals surface area contributed by atoms with Gasteiger partial charge in [0.15, 0.2) is 0 Å². The molecule has 2 rings (SSSR count). The molecule has 8 heteroatoms. The fourth-order valence-corrected chi connectivity index (χ4v) is 4.11. The Morgan fingerprint density at radius 2 is 1.61 bits per heavy atom. The number of rotatable bonds is 8. The Morgan fingerprint density at radius 3 is 2.21 bits per heavy atom. The maximum atomic E-state index is 13.1. The fraction of sp³-hybridized carbons (Fsp3) is 0.450. The number of sulfonamides is 1. The molecule has 0 saturated heterocycles. The summed E-state index contributed by atoms with van der Waals surface area (Å²) >= 11 is 0. The maximum absolute atomic E-state index is 13.1. The minimum atomic E-state index is -3.85. The minimum absolute atomic E-state index is 0.176. The number of hydrogen-bond donors (Lipinski definition) is 0. The van der Waals surface area contributed by atoms with Crippen molar-refractivity contribution in [1.82, 2.24) is 4.31 Å². The number of quaternary nitrogens is 1. The number of carbonyl (C=O) groups is 1. The summed E-state index contributed by atoms with van der Waals surface area (Å²) in [4.78, 5) is 14.2. The van der Waals surface area contributed by atoms with Crippen LogP contribution in [-0.2, 0) is 19.6 Å². The van der Waals surface area contributed by atoms with Crippen molar-refractivity contribution in [2.75, 3.05) is 66.9 Å². The quantitative estimate of drug-likeness (QED) is 0.492. The van der Waals surface area contributed by atoms with Crippen molar-refractivity contribution in [2.24, 2.45) is 0 Å². The van der Waals surface area contributed by atoms with Gasteiger partial charge in [-0.2, -0.15) is 4.31 Å². The number of esters is 1. The molecule has 0 unspecified atom stereocenters. The van der Waals surface area contributed by atoms with Crippen molar-refractivity contribution >= 4 is 32.5 Å². The average molecular weight is 409 g/mol. The molecule has 0 amide bonds. The first-order valence-electron chi connectivity index (χ1n) is 9.05. The molecule has 0 N–H and O–H groups in total. The number of nitrogens with zero attached hydrogens (tertiary/aromatic N) is 3. The highest BCUT2D eigenvalue weighted by atomic mass is 32.2. The number of anilines is 1. The molecule has 0 aliphatic carbocycles. The Labute approximate surface area is 167 Å². The van der Waals surface area contributed by atoms with Crippen LogP contribution in [0, 0.1) is 0 Å². The summed E-state index contributed by atoms with van der Waals surface area (Å²) < 4.78 is 33.1. The molecule has 0 saturated carbocycles. The summed E-state index contributed by atoms with van der Waals surface area (Å²) in [5.74, 6) is -0.561. The van der Waals surface area contributed by atoms with E-state index < -0.39 is 16.0 Å². The standard InChI is InChI=1S/C20H30N3O4S/c1-21(2)18-11-7-10-17-16(18)9-8-12-19(17)28(25,26)22(3)15-20(24)27-14-13-23(4,5)6/h7-12H,13-15H2,1-6H3/q+1. The lowest BCUT2D eigenvalue weighted by Gasteiger charge is -2.23. The lowest BCUT2D eigenvalue weighted by Crippen LogP contribution is -2.39. The highest BCUT2D eigenvalue weighted by molar-refractivity contribution is 7.89. The van der Waals surface area contributed by atoms with Gasteiger partial charge in [0.1, 0.15) is 19.7 Å². The fourth-order valence-electron chi connectivity index (χ4n) is 2.79. The van der Waals surface area contributed by atoms with Gasteiger partial charge in [0.2, 0.25) is 10.0 Å². The molecular weight excluding hydrogens is 378 g/mol. The number of fused-ring (bicyclic) bond motifs is 1. The Bertz CT molecular complexity index is 950. The van der Waals surface area contributed by atoms with Crippen molar-refractivity contribution in [3.8, 4) is 0 Å². The third-order valence-corrected chi connectivity index (χ3v) is 6.27. The van der Waals surface area contributed by atoms with Crippen LogP contribution >= 0.6 is 0 Å².